The highest BCUT2D eigenvalue weighted by Gasteiger charge is 2.58. The average molecular weight is 500 g/mol. The van der Waals surface area contributed by atoms with E-state index in [4.69, 9.17) is 4.52 Å². The topological polar surface area (TPSA) is 113 Å². The van der Waals surface area contributed by atoms with Crippen LogP contribution in [-0.4, -0.2) is 52.4 Å². The van der Waals surface area contributed by atoms with Crippen LogP contribution >= 0.6 is 24.0 Å². The van der Waals surface area contributed by atoms with Crippen LogP contribution in [0.4, 0.5) is 0 Å². The summed E-state index contributed by atoms with van der Waals surface area (Å²) in [5, 5.41) is 10.0. The van der Waals surface area contributed by atoms with Crippen LogP contribution in [0, 0.1) is 30.6 Å². The molecule has 4 unspecified atom stereocenters. The standard InChI is InChI=1S/C18H24N6O3.HI/c1-3-19-18(21-9-13-22-10(2)23-27-13)20-6-7-24-16(25)14-11-4-5-12(8-11)15(14)17(24)26;/h4-5,11-12,14-15H,3,6-9H2,1-2H3,(H2,19,20,21);1H. The molecule has 152 valence electrons. The fourth-order valence-corrected chi connectivity index (χ4v) is 4.36. The molecular weight excluding hydrogens is 475 g/mol. The Kier molecular flexibility index (Phi) is 6.36. The molecule has 4 rings (SSSR count). The Hall–Kier alpha value is -1.98. The molecule has 1 aliphatic heterocycles. The Bertz CT molecular complexity index is 777. The lowest BCUT2D eigenvalue weighted by molar-refractivity contribution is -0.140. The zero-order valence-corrected chi connectivity index (χ0v) is 18.3. The lowest BCUT2D eigenvalue weighted by atomic mass is 9.85. The van der Waals surface area contributed by atoms with E-state index < -0.39 is 0 Å². The molecular formula is C18H25IN6O3. The Balaban J connectivity index is 0.00000225. The summed E-state index contributed by atoms with van der Waals surface area (Å²) in [4.78, 5) is 35.3. The van der Waals surface area contributed by atoms with Gasteiger partial charge < -0.3 is 15.2 Å². The van der Waals surface area contributed by atoms with Gasteiger partial charge >= 0.3 is 0 Å². The molecule has 2 fully saturated rings. The number of allylic oxidation sites excluding steroid dienone is 2. The Morgan fingerprint density at radius 3 is 2.50 bits per heavy atom. The van der Waals surface area contributed by atoms with E-state index in [9.17, 15) is 9.59 Å². The molecule has 2 N–H and O–H groups in total. The van der Waals surface area contributed by atoms with E-state index in [1.165, 1.54) is 4.90 Å². The molecule has 9 nitrogen and oxygen atoms in total. The SMILES string of the molecule is CCNC(=NCc1nc(C)no1)NCCN1C(=O)C2C3C=CC(C3)C2C1=O.I. The van der Waals surface area contributed by atoms with Crippen molar-refractivity contribution in [1.82, 2.24) is 25.7 Å². The summed E-state index contributed by atoms with van der Waals surface area (Å²) in [5.74, 6) is 1.74. The van der Waals surface area contributed by atoms with E-state index in [0.717, 1.165) is 6.42 Å². The summed E-state index contributed by atoms with van der Waals surface area (Å²) in [5.41, 5.74) is 0. The lowest BCUT2D eigenvalue weighted by Gasteiger charge is -2.18. The third-order valence-corrected chi connectivity index (χ3v) is 5.48. The number of carbonyl (C=O) groups excluding carboxylic acids is 2. The average Bonchev–Trinajstić information content (AvgIpc) is 3.40. The molecule has 1 aromatic heterocycles. The fourth-order valence-electron chi connectivity index (χ4n) is 4.36. The van der Waals surface area contributed by atoms with Crippen LogP contribution in [0.1, 0.15) is 25.1 Å². The van der Waals surface area contributed by atoms with Crippen LogP contribution in [0.25, 0.3) is 0 Å². The van der Waals surface area contributed by atoms with Gasteiger partial charge in [0.1, 0.15) is 6.54 Å². The van der Waals surface area contributed by atoms with E-state index in [-0.39, 0.29) is 66.0 Å². The Morgan fingerprint density at radius 1 is 1.25 bits per heavy atom. The minimum Gasteiger partial charge on any atom is -0.357 e. The number of hydrogen-bond acceptors (Lipinski definition) is 6. The molecule has 1 saturated carbocycles. The number of imide groups is 1. The van der Waals surface area contributed by atoms with Gasteiger partial charge in [-0.3, -0.25) is 14.5 Å². The predicted molar refractivity (Wildman–Crippen MR) is 112 cm³/mol. The van der Waals surface area contributed by atoms with Crippen molar-refractivity contribution in [3.63, 3.8) is 0 Å². The summed E-state index contributed by atoms with van der Waals surface area (Å²) in [6.45, 7) is 5.45. The fraction of sp³-hybridized carbons (Fsp3) is 0.611. The van der Waals surface area contributed by atoms with Gasteiger partial charge in [0.05, 0.1) is 11.8 Å². The van der Waals surface area contributed by atoms with Crippen molar-refractivity contribution in [3.05, 3.63) is 23.9 Å². The van der Waals surface area contributed by atoms with Gasteiger partial charge in [0.15, 0.2) is 11.8 Å². The zero-order chi connectivity index (χ0) is 19.0. The highest BCUT2D eigenvalue weighted by molar-refractivity contribution is 14.0. The third kappa shape index (κ3) is 3.78. The van der Waals surface area contributed by atoms with Crippen LogP contribution in [0.5, 0.6) is 0 Å². The van der Waals surface area contributed by atoms with E-state index >= 15 is 0 Å². The number of halogens is 1. The smallest absolute Gasteiger partial charge is 0.248 e. The van der Waals surface area contributed by atoms with Crippen molar-refractivity contribution >= 4 is 41.8 Å². The Labute approximate surface area is 180 Å². The first-order chi connectivity index (χ1) is 13.1. The number of guanidine groups is 1. The summed E-state index contributed by atoms with van der Waals surface area (Å²) in [7, 11) is 0. The van der Waals surface area contributed by atoms with Gasteiger partial charge in [-0.2, -0.15) is 4.98 Å². The number of aliphatic imine (C=N–C) groups is 1. The maximum atomic E-state index is 12.7. The number of nitrogens with one attached hydrogen (secondary N) is 2. The molecule has 2 heterocycles. The van der Waals surface area contributed by atoms with Crippen LogP contribution in [0.2, 0.25) is 0 Å². The highest BCUT2D eigenvalue weighted by atomic mass is 127. The zero-order valence-electron chi connectivity index (χ0n) is 15.9. The van der Waals surface area contributed by atoms with E-state index in [0.29, 0.717) is 37.3 Å². The molecule has 10 heteroatoms. The number of amides is 2. The van der Waals surface area contributed by atoms with Crippen LogP contribution in [0.3, 0.4) is 0 Å². The van der Waals surface area contributed by atoms with Crippen molar-refractivity contribution in [1.29, 1.82) is 0 Å². The molecule has 28 heavy (non-hydrogen) atoms. The molecule has 2 bridgehead atoms. The molecule has 2 aliphatic carbocycles. The van der Waals surface area contributed by atoms with Crippen molar-refractivity contribution in [3.8, 4) is 0 Å². The second-order valence-electron chi connectivity index (χ2n) is 7.19. The second-order valence-corrected chi connectivity index (χ2v) is 7.19. The molecule has 4 atom stereocenters. The minimum absolute atomic E-state index is 0. The van der Waals surface area contributed by atoms with Gasteiger partial charge in [-0.05, 0) is 32.1 Å². The molecule has 3 aliphatic rings. The largest absolute Gasteiger partial charge is 0.357 e. The highest BCUT2D eigenvalue weighted by Crippen LogP contribution is 2.52. The van der Waals surface area contributed by atoms with Gasteiger partial charge in [-0.25, -0.2) is 4.99 Å². The Morgan fingerprint density at radius 2 is 1.93 bits per heavy atom. The summed E-state index contributed by atoms with van der Waals surface area (Å²) in [6, 6.07) is 0. The number of rotatable bonds is 6. The molecule has 0 aromatic carbocycles. The molecule has 1 saturated heterocycles. The number of hydrogen-bond donors (Lipinski definition) is 2. The van der Waals surface area contributed by atoms with Gasteiger partial charge in [0, 0.05) is 19.6 Å². The van der Waals surface area contributed by atoms with E-state index in [1.807, 2.05) is 6.92 Å². The first-order valence-corrected chi connectivity index (χ1v) is 9.43. The lowest BCUT2D eigenvalue weighted by Crippen LogP contribution is -2.43. The number of nitrogens with zero attached hydrogens (tertiary/aromatic N) is 4. The normalized spacial score (nSPS) is 27.9. The molecule has 0 radical (unpaired) electrons. The molecule has 2 amide bonds. The van der Waals surface area contributed by atoms with Gasteiger partial charge in [-0.15, -0.1) is 24.0 Å². The van der Waals surface area contributed by atoms with Crippen molar-refractivity contribution in [2.45, 2.75) is 26.8 Å². The summed E-state index contributed by atoms with van der Waals surface area (Å²) >= 11 is 0. The third-order valence-electron chi connectivity index (χ3n) is 5.48. The van der Waals surface area contributed by atoms with E-state index in [2.05, 4.69) is 37.9 Å². The number of carbonyl (C=O) groups is 2. The molecule has 0 spiro atoms. The first-order valence-electron chi connectivity index (χ1n) is 9.43. The van der Waals surface area contributed by atoms with Crippen LogP contribution in [-0.2, 0) is 16.1 Å². The predicted octanol–water partition coefficient (Wildman–Crippen LogP) is 0.858. The van der Waals surface area contributed by atoms with Crippen molar-refractivity contribution < 1.29 is 14.1 Å². The second kappa shape index (κ2) is 8.58. The summed E-state index contributed by atoms with van der Waals surface area (Å²) in [6.07, 6.45) is 5.16. The van der Waals surface area contributed by atoms with Crippen molar-refractivity contribution in [2.24, 2.45) is 28.7 Å². The minimum atomic E-state index is -0.143. The van der Waals surface area contributed by atoms with Crippen LogP contribution in [0.15, 0.2) is 21.7 Å². The first kappa shape index (κ1) is 20.7. The molecule has 1 aromatic rings. The maximum Gasteiger partial charge on any atom is 0.248 e. The number of fused-ring (bicyclic) bond motifs is 5. The maximum absolute atomic E-state index is 12.7. The van der Waals surface area contributed by atoms with Crippen molar-refractivity contribution in [2.75, 3.05) is 19.6 Å². The number of likely N-dealkylation sites (tertiary alicyclic amines) is 1. The monoisotopic (exact) mass is 500 g/mol. The van der Waals surface area contributed by atoms with Crippen LogP contribution < -0.4 is 10.6 Å². The summed E-state index contributed by atoms with van der Waals surface area (Å²) < 4.78 is 5.05. The van der Waals surface area contributed by atoms with Gasteiger partial charge in [-0.1, -0.05) is 17.3 Å². The van der Waals surface area contributed by atoms with Gasteiger partial charge in [0.25, 0.3) is 0 Å². The number of aryl methyl sites for hydroxylation is 1. The van der Waals surface area contributed by atoms with E-state index in [1.54, 1.807) is 6.92 Å². The van der Waals surface area contributed by atoms with Gasteiger partial charge in [0.2, 0.25) is 17.7 Å². The quantitative estimate of drug-likeness (QED) is 0.196. The number of aromatic nitrogens is 2.